The number of ketones is 1. The second-order valence-corrected chi connectivity index (χ2v) is 5.86. The molecule has 0 saturated carbocycles. The van der Waals surface area contributed by atoms with E-state index in [4.69, 9.17) is 4.74 Å². The summed E-state index contributed by atoms with van der Waals surface area (Å²) in [6.45, 7) is 1.34. The molecule has 0 bridgehead atoms. The molecule has 0 aliphatic carbocycles. The Morgan fingerprint density at radius 3 is 2.46 bits per heavy atom. The van der Waals surface area contributed by atoms with E-state index in [2.05, 4.69) is 5.32 Å². The highest BCUT2D eigenvalue weighted by atomic mass is 19.1. The van der Waals surface area contributed by atoms with Crippen molar-refractivity contribution >= 4 is 29.0 Å². The third-order valence-corrected chi connectivity index (χ3v) is 3.72. The Hall–Kier alpha value is -3.62. The van der Waals surface area contributed by atoms with Crippen LogP contribution in [0.2, 0.25) is 0 Å². The number of nitrogens with one attached hydrogen (secondary N) is 1. The van der Waals surface area contributed by atoms with Crippen LogP contribution in [0.5, 0.6) is 0 Å². The molecular formula is C19H17FN2O6. The van der Waals surface area contributed by atoms with Crippen molar-refractivity contribution in [2.45, 2.75) is 25.9 Å². The van der Waals surface area contributed by atoms with Crippen molar-refractivity contribution in [3.8, 4) is 0 Å². The molecule has 28 heavy (non-hydrogen) atoms. The van der Waals surface area contributed by atoms with Gasteiger partial charge in [-0.25, -0.2) is 4.39 Å². The maximum absolute atomic E-state index is 12.8. The molecule has 0 unspecified atom stereocenters. The zero-order chi connectivity index (χ0) is 20.7. The average molecular weight is 388 g/mol. The van der Waals surface area contributed by atoms with Crippen LogP contribution < -0.4 is 5.32 Å². The highest BCUT2D eigenvalue weighted by molar-refractivity contribution is 5.98. The summed E-state index contributed by atoms with van der Waals surface area (Å²) in [5, 5.41) is 13.2. The average Bonchev–Trinajstić information content (AvgIpc) is 2.66. The molecule has 0 spiro atoms. The van der Waals surface area contributed by atoms with Gasteiger partial charge in [0.05, 0.1) is 11.3 Å². The molecule has 2 rings (SSSR count). The Balaban J connectivity index is 1.83. The van der Waals surface area contributed by atoms with E-state index in [0.717, 1.165) is 12.1 Å². The maximum Gasteiger partial charge on any atom is 0.307 e. The monoisotopic (exact) mass is 388 g/mol. The molecule has 0 aliphatic heterocycles. The minimum Gasteiger partial charge on any atom is -0.453 e. The van der Waals surface area contributed by atoms with E-state index < -0.39 is 28.7 Å². The van der Waals surface area contributed by atoms with Crippen LogP contribution >= 0.6 is 0 Å². The number of hydrogen-bond donors (Lipinski definition) is 1. The van der Waals surface area contributed by atoms with E-state index in [-0.39, 0.29) is 35.6 Å². The molecule has 8 nitrogen and oxygen atoms in total. The normalized spacial score (nSPS) is 11.4. The fourth-order valence-electron chi connectivity index (χ4n) is 2.25. The first-order chi connectivity index (χ1) is 13.3. The number of Topliss-reactive ketones (excluding diaryl/α,β-unsaturated/α-hetero) is 1. The van der Waals surface area contributed by atoms with Gasteiger partial charge in [0.25, 0.3) is 11.6 Å². The molecule has 0 radical (unpaired) electrons. The molecule has 0 saturated heterocycles. The number of hydrogen-bond acceptors (Lipinski definition) is 6. The topological polar surface area (TPSA) is 116 Å². The number of amides is 1. The summed E-state index contributed by atoms with van der Waals surface area (Å²) in [6.07, 6.45) is -1.55. The highest BCUT2D eigenvalue weighted by Crippen LogP contribution is 2.17. The van der Waals surface area contributed by atoms with E-state index in [9.17, 15) is 28.9 Å². The molecule has 9 heteroatoms. The molecule has 2 aromatic carbocycles. The second kappa shape index (κ2) is 9.36. The molecule has 146 valence electrons. The van der Waals surface area contributed by atoms with Crippen molar-refractivity contribution in [1.29, 1.82) is 0 Å². The predicted octanol–water partition coefficient (Wildman–Crippen LogP) is 3.27. The number of rotatable bonds is 8. The summed E-state index contributed by atoms with van der Waals surface area (Å²) in [7, 11) is 0. The quantitative estimate of drug-likeness (QED) is 0.321. The van der Waals surface area contributed by atoms with Crippen LogP contribution in [0.3, 0.4) is 0 Å². The summed E-state index contributed by atoms with van der Waals surface area (Å²) >= 11 is 0. The molecule has 0 aliphatic rings. The number of anilines is 1. The Morgan fingerprint density at radius 2 is 1.82 bits per heavy atom. The zero-order valence-corrected chi connectivity index (χ0v) is 14.9. The van der Waals surface area contributed by atoms with E-state index in [1.807, 2.05) is 0 Å². The number of ether oxygens (including phenoxy) is 1. The van der Waals surface area contributed by atoms with Crippen molar-refractivity contribution in [3.63, 3.8) is 0 Å². The van der Waals surface area contributed by atoms with Crippen LogP contribution in [0.25, 0.3) is 0 Å². The van der Waals surface area contributed by atoms with Crippen LogP contribution in [0.4, 0.5) is 15.8 Å². The number of nitro benzene ring substituents is 1. The summed E-state index contributed by atoms with van der Waals surface area (Å²) < 4.78 is 17.8. The summed E-state index contributed by atoms with van der Waals surface area (Å²) in [6, 6.07) is 10.2. The van der Waals surface area contributed by atoms with Crippen LogP contribution in [0.15, 0.2) is 48.5 Å². The third kappa shape index (κ3) is 5.97. The number of nitrogens with zero attached hydrogens (tertiary/aromatic N) is 1. The SMILES string of the molecule is C[C@H](OC(=O)CCC(=O)c1ccc(F)cc1)C(=O)Nc1cccc([N+](=O)[O-])c1. The van der Waals surface area contributed by atoms with Gasteiger partial charge >= 0.3 is 5.97 Å². The Morgan fingerprint density at radius 1 is 1.14 bits per heavy atom. The van der Waals surface area contributed by atoms with E-state index in [0.29, 0.717) is 0 Å². The summed E-state index contributed by atoms with van der Waals surface area (Å²) in [4.78, 5) is 46.0. The standard InChI is InChI=1S/C19H17FN2O6/c1-12(19(25)21-15-3-2-4-16(11-15)22(26)27)28-18(24)10-9-17(23)13-5-7-14(20)8-6-13/h2-8,11-12H,9-10H2,1H3,(H,21,25)/t12-/m0/s1. The molecule has 2 aromatic rings. The lowest BCUT2D eigenvalue weighted by Crippen LogP contribution is -2.30. The Labute approximate surface area is 159 Å². The highest BCUT2D eigenvalue weighted by Gasteiger charge is 2.19. The summed E-state index contributed by atoms with van der Waals surface area (Å²) in [5.74, 6) is -2.25. The summed E-state index contributed by atoms with van der Waals surface area (Å²) in [5.41, 5.74) is 0.265. The first-order valence-corrected chi connectivity index (χ1v) is 8.30. The number of halogens is 1. The van der Waals surface area contributed by atoms with Crippen LogP contribution in [-0.2, 0) is 14.3 Å². The number of carbonyl (C=O) groups excluding carboxylic acids is 3. The molecule has 1 amide bonds. The van der Waals surface area contributed by atoms with E-state index >= 15 is 0 Å². The smallest absolute Gasteiger partial charge is 0.307 e. The number of benzene rings is 2. The number of carbonyl (C=O) groups is 3. The molecule has 1 atom stereocenters. The number of non-ortho nitro benzene ring substituents is 1. The van der Waals surface area contributed by atoms with Gasteiger partial charge in [-0.1, -0.05) is 6.07 Å². The van der Waals surface area contributed by atoms with Crippen LogP contribution in [0, 0.1) is 15.9 Å². The zero-order valence-electron chi connectivity index (χ0n) is 14.9. The number of nitro groups is 1. The van der Waals surface area contributed by atoms with Gasteiger partial charge in [-0.05, 0) is 37.3 Å². The first kappa shape index (κ1) is 20.7. The predicted molar refractivity (Wildman–Crippen MR) is 97.2 cm³/mol. The van der Waals surface area contributed by atoms with Crippen molar-refractivity contribution in [3.05, 3.63) is 70.0 Å². The van der Waals surface area contributed by atoms with Crippen molar-refractivity contribution in [2.24, 2.45) is 0 Å². The fraction of sp³-hybridized carbons (Fsp3) is 0.211. The molecule has 0 fully saturated rings. The first-order valence-electron chi connectivity index (χ1n) is 8.30. The van der Waals surface area contributed by atoms with Gasteiger partial charge in [0.15, 0.2) is 11.9 Å². The molecule has 0 heterocycles. The maximum atomic E-state index is 12.8. The lowest BCUT2D eigenvalue weighted by Gasteiger charge is -2.13. The lowest BCUT2D eigenvalue weighted by molar-refractivity contribution is -0.384. The van der Waals surface area contributed by atoms with Gasteiger partial charge in [-0.15, -0.1) is 0 Å². The van der Waals surface area contributed by atoms with E-state index in [1.165, 1.54) is 43.3 Å². The molecular weight excluding hydrogens is 371 g/mol. The van der Waals surface area contributed by atoms with Crippen LogP contribution in [0.1, 0.15) is 30.1 Å². The molecule has 0 aromatic heterocycles. The van der Waals surface area contributed by atoms with Crippen molar-refractivity contribution in [1.82, 2.24) is 0 Å². The number of esters is 1. The van der Waals surface area contributed by atoms with E-state index in [1.54, 1.807) is 0 Å². The minimum atomic E-state index is -1.16. The van der Waals surface area contributed by atoms with Crippen molar-refractivity contribution < 1.29 is 28.4 Å². The Bertz CT molecular complexity index is 898. The second-order valence-electron chi connectivity index (χ2n) is 5.86. The Kier molecular flexibility index (Phi) is 6.91. The molecule has 1 N–H and O–H groups in total. The van der Waals surface area contributed by atoms with Gasteiger partial charge in [-0.2, -0.15) is 0 Å². The van der Waals surface area contributed by atoms with Gasteiger partial charge in [0.2, 0.25) is 0 Å². The fourth-order valence-corrected chi connectivity index (χ4v) is 2.25. The van der Waals surface area contributed by atoms with Gasteiger partial charge < -0.3 is 10.1 Å². The third-order valence-electron chi connectivity index (χ3n) is 3.72. The van der Waals surface area contributed by atoms with Gasteiger partial charge in [0.1, 0.15) is 5.82 Å². The van der Waals surface area contributed by atoms with Crippen LogP contribution in [-0.4, -0.2) is 28.7 Å². The minimum absolute atomic E-state index is 0.149. The largest absolute Gasteiger partial charge is 0.453 e. The van der Waals surface area contributed by atoms with Crippen molar-refractivity contribution in [2.75, 3.05) is 5.32 Å². The van der Waals surface area contributed by atoms with Gasteiger partial charge in [0, 0.05) is 29.8 Å². The lowest BCUT2D eigenvalue weighted by atomic mass is 10.1. The van der Waals surface area contributed by atoms with Gasteiger partial charge in [-0.3, -0.25) is 24.5 Å².